The Labute approximate surface area is 143 Å². The second kappa shape index (κ2) is 5.42. The van der Waals surface area contributed by atoms with Gasteiger partial charge >= 0.3 is 0 Å². The molecule has 1 fully saturated rings. The summed E-state index contributed by atoms with van der Waals surface area (Å²) in [5.74, 6) is -0.106. The van der Waals surface area contributed by atoms with Gasteiger partial charge in [0, 0.05) is 4.88 Å². The van der Waals surface area contributed by atoms with Gasteiger partial charge in [0.2, 0.25) is 5.91 Å². The molecule has 2 aliphatic carbocycles. The molecule has 2 aliphatic rings. The largest absolute Gasteiger partial charge is 0.336 e. The minimum atomic E-state index is -0.845. The topological polar surface area (TPSA) is 87.8 Å². The highest BCUT2D eigenvalue weighted by molar-refractivity contribution is 7.18. The summed E-state index contributed by atoms with van der Waals surface area (Å²) in [6, 6.07) is 2.20. The highest BCUT2D eigenvalue weighted by Gasteiger charge is 2.43. The fraction of sp³-hybridized carbons (Fsp3) is 0.529. The van der Waals surface area contributed by atoms with Crippen molar-refractivity contribution in [1.29, 1.82) is 5.26 Å². The molecule has 1 amide bonds. The molecule has 0 aromatic carbocycles. The third kappa shape index (κ3) is 2.42. The van der Waals surface area contributed by atoms with Crippen molar-refractivity contribution >= 4 is 27.5 Å². The van der Waals surface area contributed by atoms with E-state index in [9.17, 15) is 14.9 Å². The van der Waals surface area contributed by atoms with Crippen LogP contribution in [0.5, 0.6) is 0 Å². The molecule has 1 N–H and O–H groups in total. The van der Waals surface area contributed by atoms with Crippen LogP contribution in [0.25, 0.3) is 10.2 Å². The summed E-state index contributed by atoms with van der Waals surface area (Å²) in [4.78, 5) is 31.5. The van der Waals surface area contributed by atoms with E-state index in [4.69, 9.17) is 0 Å². The zero-order chi connectivity index (χ0) is 16.9. The molecule has 0 saturated heterocycles. The number of nitrogens with one attached hydrogen (secondary N) is 1. The lowest BCUT2D eigenvalue weighted by Gasteiger charge is -2.23. The molecule has 2 aromatic rings. The molecular formula is C17H18N4O2S. The molecule has 2 heterocycles. The summed E-state index contributed by atoms with van der Waals surface area (Å²) in [7, 11) is 0. The highest BCUT2D eigenvalue weighted by Crippen LogP contribution is 2.39. The molecule has 2 aromatic heterocycles. The lowest BCUT2D eigenvalue weighted by molar-refractivity contribution is -0.123. The number of nitrogens with zero attached hydrogens (tertiary/aromatic N) is 3. The SMILES string of the molecule is C[C@](C#N)(NC(=O)Cn1cnc2sc3c(c2c1=O)CCC3)C1CC1. The third-order valence-electron chi connectivity index (χ3n) is 5.03. The van der Waals surface area contributed by atoms with Crippen LogP contribution in [0.3, 0.4) is 0 Å². The first-order valence-electron chi connectivity index (χ1n) is 8.24. The van der Waals surface area contributed by atoms with Crippen molar-refractivity contribution in [3.8, 4) is 6.07 Å². The standard InChI is InChI=1S/C17H18N4O2S/c1-17(8-18,10-5-6-10)20-13(22)7-21-9-19-15-14(16(21)23)11-3-2-4-12(11)24-15/h9-10H,2-7H2,1H3,(H,20,22)/t17-/m1/s1. The van der Waals surface area contributed by atoms with Crippen LogP contribution in [-0.2, 0) is 24.2 Å². The van der Waals surface area contributed by atoms with Gasteiger partial charge in [0.1, 0.15) is 16.9 Å². The van der Waals surface area contributed by atoms with Crippen LogP contribution in [0.2, 0.25) is 0 Å². The van der Waals surface area contributed by atoms with Crippen LogP contribution >= 0.6 is 11.3 Å². The van der Waals surface area contributed by atoms with E-state index in [-0.39, 0.29) is 23.9 Å². The van der Waals surface area contributed by atoms with Gasteiger partial charge in [-0.25, -0.2) is 4.98 Å². The number of rotatable bonds is 4. The Morgan fingerprint density at radius 2 is 2.33 bits per heavy atom. The zero-order valence-electron chi connectivity index (χ0n) is 13.5. The Balaban J connectivity index is 1.61. The second-order valence-electron chi connectivity index (χ2n) is 6.85. The van der Waals surface area contributed by atoms with Gasteiger partial charge in [-0.05, 0) is 50.5 Å². The van der Waals surface area contributed by atoms with Gasteiger partial charge in [0.25, 0.3) is 5.56 Å². The van der Waals surface area contributed by atoms with E-state index < -0.39 is 5.54 Å². The first-order valence-corrected chi connectivity index (χ1v) is 9.05. The first-order chi connectivity index (χ1) is 11.5. The maximum Gasteiger partial charge on any atom is 0.262 e. The number of amides is 1. The molecule has 7 heteroatoms. The van der Waals surface area contributed by atoms with Gasteiger partial charge < -0.3 is 5.32 Å². The molecule has 0 bridgehead atoms. The van der Waals surface area contributed by atoms with E-state index in [0.717, 1.165) is 42.5 Å². The molecular weight excluding hydrogens is 324 g/mol. The molecule has 0 spiro atoms. The summed E-state index contributed by atoms with van der Waals surface area (Å²) in [6.07, 6.45) is 6.36. The average Bonchev–Trinajstić information content (AvgIpc) is 3.22. The van der Waals surface area contributed by atoms with Crippen molar-refractivity contribution in [2.75, 3.05) is 0 Å². The summed E-state index contributed by atoms with van der Waals surface area (Å²) in [5.41, 5.74) is 0.115. The summed E-state index contributed by atoms with van der Waals surface area (Å²) >= 11 is 1.59. The number of aromatic nitrogens is 2. The van der Waals surface area contributed by atoms with Crippen LogP contribution in [0.1, 0.15) is 36.6 Å². The van der Waals surface area contributed by atoms with Crippen LogP contribution in [0.15, 0.2) is 11.1 Å². The quantitative estimate of drug-likeness (QED) is 0.917. The molecule has 0 aliphatic heterocycles. The molecule has 1 saturated carbocycles. The minimum Gasteiger partial charge on any atom is -0.336 e. The molecule has 0 unspecified atom stereocenters. The number of nitriles is 1. The van der Waals surface area contributed by atoms with Crippen molar-refractivity contribution in [2.45, 2.75) is 51.1 Å². The monoisotopic (exact) mass is 342 g/mol. The summed E-state index contributed by atoms with van der Waals surface area (Å²) in [6.45, 7) is 1.65. The Hall–Kier alpha value is -2.20. The van der Waals surface area contributed by atoms with Crippen molar-refractivity contribution < 1.29 is 4.79 Å². The number of hydrogen-bond acceptors (Lipinski definition) is 5. The van der Waals surface area contributed by atoms with Crippen molar-refractivity contribution in [3.63, 3.8) is 0 Å². The number of fused-ring (bicyclic) bond motifs is 3. The van der Waals surface area contributed by atoms with E-state index >= 15 is 0 Å². The van der Waals surface area contributed by atoms with Crippen molar-refractivity contribution in [1.82, 2.24) is 14.9 Å². The number of carbonyl (C=O) groups excluding carboxylic acids is 1. The number of aryl methyl sites for hydroxylation is 2. The smallest absolute Gasteiger partial charge is 0.262 e. The minimum absolute atomic E-state index is 0.101. The lowest BCUT2D eigenvalue weighted by Crippen LogP contribution is -2.48. The van der Waals surface area contributed by atoms with E-state index in [1.54, 1.807) is 18.3 Å². The summed E-state index contributed by atoms with van der Waals surface area (Å²) in [5, 5.41) is 12.8. The second-order valence-corrected chi connectivity index (χ2v) is 7.94. The maximum atomic E-state index is 12.8. The molecule has 1 atom stereocenters. The van der Waals surface area contributed by atoms with Crippen molar-refractivity contribution in [2.24, 2.45) is 5.92 Å². The number of carbonyl (C=O) groups is 1. The van der Waals surface area contributed by atoms with Crippen LogP contribution in [0, 0.1) is 17.2 Å². The fourth-order valence-corrected chi connectivity index (χ4v) is 4.72. The van der Waals surface area contributed by atoms with Gasteiger partial charge in [-0.3, -0.25) is 14.2 Å². The average molecular weight is 342 g/mol. The van der Waals surface area contributed by atoms with Crippen molar-refractivity contribution in [3.05, 3.63) is 27.1 Å². The summed E-state index contributed by atoms with van der Waals surface area (Å²) < 4.78 is 1.35. The Kier molecular flexibility index (Phi) is 3.46. The van der Waals surface area contributed by atoms with E-state index in [2.05, 4.69) is 16.4 Å². The van der Waals surface area contributed by atoms with Crippen LogP contribution in [0.4, 0.5) is 0 Å². The van der Waals surface area contributed by atoms with Gasteiger partial charge in [0.15, 0.2) is 0 Å². The maximum absolute atomic E-state index is 12.8. The normalized spacial score (nSPS) is 18.8. The molecule has 4 rings (SSSR count). The van der Waals surface area contributed by atoms with Gasteiger partial charge in [-0.1, -0.05) is 0 Å². The van der Waals surface area contributed by atoms with Crippen LogP contribution < -0.4 is 10.9 Å². The molecule has 24 heavy (non-hydrogen) atoms. The highest BCUT2D eigenvalue weighted by atomic mass is 32.1. The van der Waals surface area contributed by atoms with Gasteiger partial charge in [-0.2, -0.15) is 5.26 Å². The van der Waals surface area contributed by atoms with E-state index in [0.29, 0.717) is 5.39 Å². The van der Waals surface area contributed by atoms with E-state index in [1.165, 1.54) is 15.8 Å². The van der Waals surface area contributed by atoms with Gasteiger partial charge in [0.05, 0.1) is 17.8 Å². The molecule has 0 radical (unpaired) electrons. The fourth-order valence-electron chi connectivity index (χ4n) is 3.50. The molecule has 124 valence electrons. The Morgan fingerprint density at radius 1 is 1.54 bits per heavy atom. The molecule has 6 nitrogen and oxygen atoms in total. The third-order valence-corrected chi connectivity index (χ3v) is 6.23. The van der Waals surface area contributed by atoms with E-state index in [1.807, 2.05) is 0 Å². The first kappa shape index (κ1) is 15.3. The van der Waals surface area contributed by atoms with Crippen LogP contribution in [-0.4, -0.2) is 21.0 Å². The lowest BCUT2D eigenvalue weighted by atomic mass is 9.98. The Morgan fingerprint density at radius 3 is 3.04 bits per heavy atom. The predicted octanol–water partition coefficient (Wildman–Crippen LogP) is 1.76. The number of thiophene rings is 1. The predicted molar refractivity (Wildman–Crippen MR) is 90.8 cm³/mol. The number of hydrogen-bond donors (Lipinski definition) is 1. The Bertz CT molecular complexity index is 934. The zero-order valence-corrected chi connectivity index (χ0v) is 14.3. The van der Waals surface area contributed by atoms with Gasteiger partial charge in [-0.15, -0.1) is 11.3 Å².